The third kappa shape index (κ3) is 3.18. The largest absolute Gasteiger partial charge is 0.464 e. The summed E-state index contributed by atoms with van der Waals surface area (Å²) in [5.41, 5.74) is 0. The number of carbonyl (C=O) groups is 2. The molecule has 2 unspecified atom stereocenters. The third-order valence-corrected chi connectivity index (χ3v) is 1.99. The summed E-state index contributed by atoms with van der Waals surface area (Å²) in [5.74, 6) is -1.19. The van der Waals surface area contributed by atoms with Gasteiger partial charge in [-0.1, -0.05) is 0 Å². The van der Waals surface area contributed by atoms with Crippen LogP contribution in [0.5, 0.6) is 0 Å². The fourth-order valence-corrected chi connectivity index (χ4v) is 1.36. The zero-order valence-corrected chi connectivity index (χ0v) is 9.43. The van der Waals surface area contributed by atoms with Crippen LogP contribution in [-0.2, 0) is 28.5 Å². The van der Waals surface area contributed by atoms with Crippen molar-refractivity contribution in [2.45, 2.75) is 26.1 Å². The lowest BCUT2D eigenvalue weighted by Gasteiger charge is -2.28. The van der Waals surface area contributed by atoms with Crippen LogP contribution in [0.25, 0.3) is 0 Å². The molecule has 1 rings (SSSR count). The average Bonchev–Trinajstić information content (AvgIpc) is 2.30. The van der Waals surface area contributed by atoms with Crippen LogP contribution in [-0.4, -0.2) is 50.6 Å². The lowest BCUT2D eigenvalue weighted by molar-refractivity contribution is -0.199. The van der Waals surface area contributed by atoms with Gasteiger partial charge < -0.3 is 18.9 Å². The summed E-state index contributed by atoms with van der Waals surface area (Å²) in [5, 5.41) is 0. The van der Waals surface area contributed by atoms with Crippen molar-refractivity contribution in [2.24, 2.45) is 0 Å². The van der Waals surface area contributed by atoms with E-state index in [9.17, 15) is 9.59 Å². The van der Waals surface area contributed by atoms with E-state index in [0.29, 0.717) is 0 Å². The van der Waals surface area contributed by atoms with Crippen molar-refractivity contribution in [3.63, 3.8) is 0 Å². The van der Waals surface area contributed by atoms with Crippen LogP contribution in [0.1, 0.15) is 13.8 Å². The van der Waals surface area contributed by atoms with Crippen molar-refractivity contribution in [3.05, 3.63) is 0 Å². The van der Waals surface area contributed by atoms with Crippen LogP contribution in [0.2, 0.25) is 0 Å². The summed E-state index contributed by atoms with van der Waals surface area (Å²) < 4.78 is 19.9. The number of ether oxygens (including phenoxy) is 4. The molecule has 6 heteroatoms. The molecule has 0 radical (unpaired) electrons. The van der Waals surface area contributed by atoms with Crippen molar-refractivity contribution in [1.82, 2.24) is 0 Å². The van der Waals surface area contributed by atoms with Crippen LogP contribution >= 0.6 is 0 Å². The normalized spacial score (nSPS) is 24.9. The minimum absolute atomic E-state index is 0.230. The molecule has 1 fully saturated rings. The molecule has 6 nitrogen and oxygen atoms in total. The molecule has 1 heterocycles. The average molecular weight is 232 g/mol. The molecule has 0 aromatic carbocycles. The van der Waals surface area contributed by atoms with Gasteiger partial charge in [0.05, 0.1) is 26.4 Å². The fourth-order valence-electron chi connectivity index (χ4n) is 1.36. The van der Waals surface area contributed by atoms with Crippen molar-refractivity contribution >= 4 is 11.9 Å². The summed E-state index contributed by atoms with van der Waals surface area (Å²) in [6.07, 6.45) is -2.04. The highest BCUT2D eigenvalue weighted by molar-refractivity contribution is 5.85. The summed E-state index contributed by atoms with van der Waals surface area (Å²) in [6.45, 7) is 4.35. The lowest BCUT2D eigenvalue weighted by Crippen LogP contribution is -2.49. The van der Waals surface area contributed by atoms with E-state index in [-0.39, 0.29) is 26.4 Å². The van der Waals surface area contributed by atoms with Gasteiger partial charge in [-0.25, -0.2) is 9.59 Å². The first-order valence-corrected chi connectivity index (χ1v) is 5.27. The van der Waals surface area contributed by atoms with Crippen molar-refractivity contribution in [3.8, 4) is 0 Å². The maximum absolute atomic E-state index is 11.5. The van der Waals surface area contributed by atoms with Crippen molar-refractivity contribution in [1.29, 1.82) is 0 Å². The molecule has 0 bridgehead atoms. The SMILES string of the molecule is CCOC(=O)C1OCCOC1C(=O)OCC. The fraction of sp³-hybridized carbons (Fsp3) is 0.800. The molecule has 92 valence electrons. The quantitative estimate of drug-likeness (QED) is 0.630. The topological polar surface area (TPSA) is 71.1 Å². The van der Waals surface area contributed by atoms with E-state index < -0.39 is 24.1 Å². The first-order chi connectivity index (χ1) is 7.70. The minimum Gasteiger partial charge on any atom is -0.464 e. The summed E-state index contributed by atoms with van der Waals surface area (Å²) in [6, 6.07) is 0. The Morgan fingerprint density at radius 1 is 1.00 bits per heavy atom. The molecule has 0 saturated carbocycles. The zero-order chi connectivity index (χ0) is 12.0. The Morgan fingerprint density at radius 2 is 1.38 bits per heavy atom. The third-order valence-electron chi connectivity index (χ3n) is 1.99. The molecule has 16 heavy (non-hydrogen) atoms. The van der Waals surface area contributed by atoms with Gasteiger partial charge >= 0.3 is 11.9 Å². The lowest BCUT2D eigenvalue weighted by atomic mass is 10.2. The van der Waals surface area contributed by atoms with E-state index in [1.54, 1.807) is 13.8 Å². The van der Waals surface area contributed by atoms with Gasteiger partial charge in [-0.3, -0.25) is 0 Å². The first kappa shape index (κ1) is 12.9. The monoisotopic (exact) mass is 232 g/mol. The summed E-state index contributed by atoms with van der Waals surface area (Å²) in [4.78, 5) is 23.0. The number of hydrogen-bond acceptors (Lipinski definition) is 6. The molecule has 0 amide bonds. The van der Waals surface area contributed by atoms with Crippen LogP contribution in [0, 0.1) is 0 Å². The Morgan fingerprint density at radius 3 is 1.69 bits per heavy atom. The molecule has 0 N–H and O–H groups in total. The van der Waals surface area contributed by atoms with Gasteiger partial charge in [-0.2, -0.15) is 0 Å². The van der Waals surface area contributed by atoms with Crippen LogP contribution < -0.4 is 0 Å². The summed E-state index contributed by atoms with van der Waals surface area (Å²) in [7, 11) is 0. The Kier molecular flexibility index (Phi) is 5.21. The highest BCUT2D eigenvalue weighted by atomic mass is 16.6. The number of rotatable bonds is 4. The molecule has 0 aromatic heterocycles. The van der Waals surface area contributed by atoms with Crippen LogP contribution in [0.3, 0.4) is 0 Å². The van der Waals surface area contributed by atoms with Gasteiger partial charge in [0.15, 0.2) is 12.2 Å². The first-order valence-electron chi connectivity index (χ1n) is 5.27. The van der Waals surface area contributed by atoms with E-state index in [2.05, 4.69) is 0 Å². The molecule has 0 aliphatic carbocycles. The Labute approximate surface area is 93.8 Å². The Balaban J connectivity index is 2.63. The zero-order valence-electron chi connectivity index (χ0n) is 9.43. The summed E-state index contributed by atoms with van der Waals surface area (Å²) >= 11 is 0. The Bertz CT molecular complexity index is 226. The van der Waals surface area contributed by atoms with Gasteiger partial charge in [0.2, 0.25) is 0 Å². The smallest absolute Gasteiger partial charge is 0.338 e. The van der Waals surface area contributed by atoms with Gasteiger partial charge in [0, 0.05) is 0 Å². The molecule has 1 aliphatic heterocycles. The second-order valence-corrected chi connectivity index (χ2v) is 3.09. The standard InChI is InChI=1S/C10H16O6/c1-3-13-9(11)7-8(10(12)14-4-2)16-6-5-15-7/h7-8H,3-6H2,1-2H3. The maximum atomic E-state index is 11.5. The number of hydrogen-bond donors (Lipinski definition) is 0. The van der Waals surface area contributed by atoms with Crippen molar-refractivity contribution in [2.75, 3.05) is 26.4 Å². The molecule has 1 aliphatic rings. The molecule has 2 atom stereocenters. The highest BCUT2D eigenvalue weighted by Gasteiger charge is 2.40. The minimum atomic E-state index is -1.02. The number of esters is 2. The van der Waals surface area contributed by atoms with Gasteiger partial charge in [0.25, 0.3) is 0 Å². The molecule has 0 aromatic rings. The van der Waals surface area contributed by atoms with E-state index >= 15 is 0 Å². The molecular weight excluding hydrogens is 216 g/mol. The Hall–Kier alpha value is -1.14. The van der Waals surface area contributed by atoms with E-state index in [0.717, 1.165) is 0 Å². The van der Waals surface area contributed by atoms with E-state index in [1.165, 1.54) is 0 Å². The maximum Gasteiger partial charge on any atom is 0.338 e. The van der Waals surface area contributed by atoms with Gasteiger partial charge in [0.1, 0.15) is 0 Å². The predicted molar refractivity (Wildman–Crippen MR) is 52.7 cm³/mol. The molecular formula is C10H16O6. The van der Waals surface area contributed by atoms with Crippen LogP contribution in [0.4, 0.5) is 0 Å². The number of carbonyl (C=O) groups excluding carboxylic acids is 2. The molecule has 1 saturated heterocycles. The second kappa shape index (κ2) is 6.44. The molecule has 0 spiro atoms. The van der Waals surface area contributed by atoms with Crippen molar-refractivity contribution < 1.29 is 28.5 Å². The van der Waals surface area contributed by atoms with Gasteiger partial charge in [-0.15, -0.1) is 0 Å². The van der Waals surface area contributed by atoms with Crippen LogP contribution in [0.15, 0.2) is 0 Å². The van der Waals surface area contributed by atoms with E-state index in [4.69, 9.17) is 18.9 Å². The predicted octanol–water partition coefficient (Wildman–Crippen LogP) is -0.103. The highest BCUT2D eigenvalue weighted by Crippen LogP contribution is 2.13. The van der Waals surface area contributed by atoms with E-state index in [1.807, 2.05) is 0 Å². The second-order valence-electron chi connectivity index (χ2n) is 3.09. The van der Waals surface area contributed by atoms with Gasteiger partial charge in [-0.05, 0) is 13.8 Å².